The van der Waals surface area contributed by atoms with E-state index in [2.05, 4.69) is 15.0 Å². The second-order valence-corrected chi connectivity index (χ2v) is 11.2. The van der Waals surface area contributed by atoms with Gasteiger partial charge in [0.1, 0.15) is 0 Å². The van der Waals surface area contributed by atoms with Crippen LogP contribution in [0.4, 0.5) is 5.69 Å². The first kappa shape index (κ1) is 25.5. The van der Waals surface area contributed by atoms with Gasteiger partial charge in [-0.05, 0) is 37.1 Å². The molecule has 1 heterocycles. The Morgan fingerprint density at radius 2 is 1.81 bits per heavy atom. The molecule has 0 radical (unpaired) electrons. The van der Waals surface area contributed by atoms with Crippen LogP contribution in [0.2, 0.25) is 0 Å². The van der Waals surface area contributed by atoms with Crippen molar-refractivity contribution in [3.8, 4) is 0 Å². The van der Waals surface area contributed by atoms with Gasteiger partial charge in [0, 0.05) is 37.1 Å². The molecule has 188 valence electrons. The van der Waals surface area contributed by atoms with E-state index in [1.165, 1.54) is 11.3 Å². The number of carbonyl (C=O) groups is 1. The number of anilines is 1. The minimum absolute atomic E-state index is 0.104. The summed E-state index contributed by atoms with van der Waals surface area (Å²) in [5, 5.41) is 11.6. The van der Waals surface area contributed by atoms with E-state index in [9.17, 15) is 13.2 Å². The number of hydrogen-bond acceptors (Lipinski definition) is 7. The van der Waals surface area contributed by atoms with Crippen molar-refractivity contribution in [2.24, 2.45) is 5.73 Å². The Bertz CT molecular complexity index is 1500. The minimum Gasteiger partial charge on any atom is -0.377 e. The van der Waals surface area contributed by atoms with E-state index in [1.807, 2.05) is 61.5 Å². The van der Waals surface area contributed by atoms with Crippen molar-refractivity contribution >= 4 is 59.8 Å². The minimum atomic E-state index is -4.06. The number of Topliss-reactive ketones (excluding diaryl/α,β-unsaturated/α-hetero) is 1. The zero-order valence-electron chi connectivity index (χ0n) is 20.0. The van der Waals surface area contributed by atoms with Crippen LogP contribution in [0, 0.1) is 5.41 Å². The van der Waals surface area contributed by atoms with Gasteiger partial charge in [-0.2, -0.15) is 0 Å². The van der Waals surface area contributed by atoms with Gasteiger partial charge >= 0.3 is 0 Å². The summed E-state index contributed by atoms with van der Waals surface area (Å²) in [4.78, 5) is 19.9. The highest BCUT2D eigenvalue weighted by molar-refractivity contribution is 7.89. The van der Waals surface area contributed by atoms with Gasteiger partial charge < -0.3 is 16.0 Å². The Morgan fingerprint density at radius 1 is 1.08 bits per heavy atom. The normalized spacial score (nSPS) is 12.5. The van der Waals surface area contributed by atoms with Gasteiger partial charge in [-0.15, -0.1) is 11.3 Å². The summed E-state index contributed by atoms with van der Waals surface area (Å²) < 4.78 is 30.7. The maximum atomic E-state index is 13.6. The van der Waals surface area contributed by atoms with Crippen molar-refractivity contribution in [2.45, 2.75) is 23.8 Å². The molecular weight excluding hydrogens is 496 g/mol. The Kier molecular flexibility index (Phi) is 7.53. The average Bonchev–Trinajstić information content (AvgIpc) is 3.28. The number of nitrogens with two attached hydrogens (primary N) is 1. The fourth-order valence-corrected chi connectivity index (χ4v) is 6.45. The van der Waals surface area contributed by atoms with Gasteiger partial charge in [0.15, 0.2) is 11.0 Å². The zero-order chi connectivity index (χ0) is 25.9. The maximum Gasteiger partial charge on any atom is 0.241 e. The van der Waals surface area contributed by atoms with E-state index in [4.69, 9.17) is 11.1 Å². The monoisotopic (exact) mass is 524 g/mol. The summed E-state index contributed by atoms with van der Waals surface area (Å²) in [5.74, 6) is -0.575. The number of hydrogen-bond donors (Lipinski definition) is 4. The number of carbonyl (C=O) groups excluding carboxylic acids is 1. The summed E-state index contributed by atoms with van der Waals surface area (Å²) >= 11 is 1.24. The van der Waals surface area contributed by atoms with Crippen LogP contribution in [0.1, 0.15) is 22.6 Å². The molecule has 0 spiro atoms. The Hall–Kier alpha value is -3.54. The highest BCUT2D eigenvalue weighted by atomic mass is 32.2. The average molecular weight is 525 g/mol. The number of nitrogens with one attached hydrogen (secondary N) is 3. The Labute approximate surface area is 213 Å². The van der Waals surface area contributed by atoms with Crippen molar-refractivity contribution < 1.29 is 13.2 Å². The van der Waals surface area contributed by atoms with Gasteiger partial charge in [0.05, 0.1) is 21.2 Å². The molecule has 1 atom stereocenters. The van der Waals surface area contributed by atoms with Crippen molar-refractivity contribution in [1.29, 1.82) is 5.41 Å². The van der Waals surface area contributed by atoms with Crippen molar-refractivity contribution in [2.75, 3.05) is 25.5 Å². The molecule has 0 amide bonds. The lowest BCUT2D eigenvalue weighted by Gasteiger charge is -2.19. The van der Waals surface area contributed by atoms with E-state index in [1.54, 1.807) is 18.2 Å². The number of thiazole rings is 1. The standard InChI is InChI=1S/C25H28N6O3S2/c1-31(2)20-12-5-9-17-16(20)8-6-14-22(17)36(33,34)30-19(11-7-15-28-25(26)27)23(32)24-29-18-10-3-4-13-21(18)35-24/h3-6,8-10,12-14,19,30H,7,11,15H2,1-2H3,(H4,26,27,28). The van der Waals surface area contributed by atoms with Gasteiger partial charge in [-0.3, -0.25) is 10.2 Å². The van der Waals surface area contributed by atoms with Crippen LogP contribution in [0.5, 0.6) is 0 Å². The molecule has 1 unspecified atom stereocenters. The second-order valence-electron chi connectivity index (χ2n) is 8.53. The molecule has 0 fully saturated rings. The van der Waals surface area contributed by atoms with Crippen LogP contribution in [-0.4, -0.2) is 51.8 Å². The van der Waals surface area contributed by atoms with Crippen molar-refractivity contribution in [1.82, 2.24) is 15.0 Å². The smallest absolute Gasteiger partial charge is 0.241 e. The molecule has 0 aliphatic carbocycles. The number of para-hydroxylation sites is 1. The first-order valence-corrected chi connectivity index (χ1v) is 13.7. The highest BCUT2D eigenvalue weighted by Crippen LogP contribution is 2.31. The van der Waals surface area contributed by atoms with E-state index >= 15 is 0 Å². The third-order valence-electron chi connectivity index (χ3n) is 5.73. The molecule has 0 bridgehead atoms. The van der Waals surface area contributed by atoms with E-state index < -0.39 is 21.8 Å². The number of ketones is 1. The number of sulfonamides is 1. The molecular formula is C25H28N6O3S2. The van der Waals surface area contributed by atoms with Crippen molar-refractivity contribution in [3.63, 3.8) is 0 Å². The predicted molar refractivity (Wildman–Crippen MR) is 145 cm³/mol. The fourth-order valence-electron chi connectivity index (χ4n) is 4.04. The number of guanidine groups is 1. The molecule has 0 saturated heterocycles. The Morgan fingerprint density at radius 3 is 2.53 bits per heavy atom. The summed E-state index contributed by atoms with van der Waals surface area (Å²) in [7, 11) is -0.267. The maximum absolute atomic E-state index is 13.6. The molecule has 0 aliphatic rings. The van der Waals surface area contributed by atoms with Gasteiger partial charge in [-0.1, -0.05) is 36.4 Å². The lowest BCUT2D eigenvalue weighted by Crippen LogP contribution is -2.41. The largest absolute Gasteiger partial charge is 0.377 e. The molecule has 3 aromatic carbocycles. The second kappa shape index (κ2) is 10.6. The fraction of sp³-hybridized carbons (Fsp3) is 0.240. The summed E-state index contributed by atoms with van der Waals surface area (Å²) in [6.45, 7) is 0.334. The summed E-state index contributed by atoms with van der Waals surface area (Å²) in [6, 6.07) is 17.0. The molecule has 4 rings (SSSR count). The summed E-state index contributed by atoms with van der Waals surface area (Å²) in [5.41, 5.74) is 6.93. The van der Waals surface area contributed by atoms with Crippen LogP contribution in [-0.2, 0) is 10.0 Å². The Balaban J connectivity index is 1.68. The summed E-state index contributed by atoms with van der Waals surface area (Å²) in [6.07, 6.45) is 0.631. The van der Waals surface area contributed by atoms with E-state index in [-0.39, 0.29) is 22.3 Å². The van der Waals surface area contributed by atoms with Gasteiger partial charge in [0.2, 0.25) is 15.8 Å². The lowest BCUT2D eigenvalue weighted by molar-refractivity contribution is 0.0948. The quantitative estimate of drug-likeness (QED) is 0.108. The lowest BCUT2D eigenvalue weighted by atomic mass is 10.1. The number of benzene rings is 3. The third kappa shape index (κ3) is 5.48. The van der Waals surface area contributed by atoms with Crippen molar-refractivity contribution in [3.05, 3.63) is 65.7 Å². The first-order chi connectivity index (χ1) is 17.2. The van der Waals surface area contributed by atoms with E-state index in [0.29, 0.717) is 23.9 Å². The first-order valence-electron chi connectivity index (χ1n) is 11.4. The third-order valence-corrected chi connectivity index (χ3v) is 8.31. The number of rotatable bonds is 10. The molecule has 11 heteroatoms. The molecule has 4 aromatic rings. The van der Waals surface area contributed by atoms with Crippen LogP contribution >= 0.6 is 11.3 Å². The van der Waals surface area contributed by atoms with Crippen LogP contribution in [0.3, 0.4) is 0 Å². The predicted octanol–water partition coefficient (Wildman–Crippen LogP) is 3.31. The van der Waals surface area contributed by atoms with Crippen LogP contribution in [0.15, 0.2) is 65.6 Å². The molecule has 5 N–H and O–H groups in total. The van der Waals surface area contributed by atoms with Gasteiger partial charge in [0.25, 0.3) is 0 Å². The molecule has 0 saturated carbocycles. The molecule has 36 heavy (non-hydrogen) atoms. The van der Waals surface area contributed by atoms with Gasteiger partial charge in [-0.25, -0.2) is 18.1 Å². The number of nitrogens with zero attached hydrogens (tertiary/aromatic N) is 2. The molecule has 1 aromatic heterocycles. The zero-order valence-corrected chi connectivity index (χ0v) is 21.6. The number of aromatic nitrogens is 1. The van der Waals surface area contributed by atoms with Crippen LogP contribution in [0.25, 0.3) is 21.0 Å². The topological polar surface area (TPSA) is 141 Å². The molecule has 0 aliphatic heterocycles. The molecule has 9 nitrogen and oxygen atoms in total. The SMILES string of the molecule is CN(C)c1cccc2c(S(=O)(=O)NC(CCCNC(=N)N)C(=O)c3nc4ccccc4s3)cccc12. The highest BCUT2D eigenvalue weighted by Gasteiger charge is 2.29. The number of fused-ring (bicyclic) bond motifs is 2. The van der Waals surface area contributed by atoms with E-state index in [0.717, 1.165) is 15.8 Å². The van der Waals surface area contributed by atoms with Crippen LogP contribution < -0.4 is 20.7 Å².